The highest BCUT2D eigenvalue weighted by Gasteiger charge is 2.32. The van der Waals surface area contributed by atoms with E-state index in [-0.39, 0.29) is 11.9 Å². The van der Waals surface area contributed by atoms with Gasteiger partial charge in [-0.3, -0.25) is 4.79 Å². The van der Waals surface area contributed by atoms with Crippen LogP contribution < -0.4 is 5.32 Å². The molecule has 1 N–H and O–H groups in total. The number of carbonyl (C=O) groups is 1. The van der Waals surface area contributed by atoms with Crippen LogP contribution >= 0.6 is 11.3 Å². The minimum Gasteiger partial charge on any atom is -0.347 e. The quantitative estimate of drug-likeness (QED) is 0.910. The fourth-order valence-corrected chi connectivity index (χ4v) is 2.59. The number of nitrogens with one attached hydrogen (secondary N) is 1. The maximum atomic E-state index is 12.1. The van der Waals surface area contributed by atoms with Gasteiger partial charge in [-0.2, -0.15) is 5.26 Å². The predicted octanol–water partition coefficient (Wildman–Crippen LogP) is 2.88. The first-order valence-corrected chi connectivity index (χ1v) is 6.82. The standard InChI is InChI=1S/C13H19N3OS/c1-6-13(5,7-14)12(17)16-9(3)11-8(2)15-10(4)18-11/h9H,6H2,1-5H3,(H,16,17). The van der Waals surface area contributed by atoms with E-state index in [1.165, 1.54) is 0 Å². The fraction of sp³-hybridized carbons (Fsp3) is 0.615. The summed E-state index contributed by atoms with van der Waals surface area (Å²) in [4.78, 5) is 17.5. The Bertz CT molecular complexity index is 489. The van der Waals surface area contributed by atoms with Crippen LogP contribution in [0.1, 0.15) is 48.8 Å². The lowest BCUT2D eigenvalue weighted by Gasteiger charge is -2.21. The predicted molar refractivity (Wildman–Crippen MR) is 72.2 cm³/mol. The topological polar surface area (TPSA) is 65.8 Å². The minimum absolute atomic E-state index is 0.108. The largest absolute Gasteiger partial charge is 0.347 e. The third-order valence-electron chi connectivity index (χ3n) is 3.14. The second kappa shape index (κ2) is 5.49. The average Bonchev–Trinajstić information content (AvgIpc) is 2.67. The van der Waals surface area contributed by atoms with Crippen molar-refractivity contribution in [3.05, 3.63) is 15.6 Å². The number of thiazole rings is 1. The van der Waals surface area contributed by atoms with Gasteiger partial charge in [-0.1, -0.05) is 6.92 Å². The molecule has 1 rings (SSSR count). The van der Waals surface area contributed by atoms with Gasteiger partial charge in [0.15, 0.2) is 0 Å². The Hall–Kier alpha value is -1.41. The highest BCUT2D eigenvalue weighted by Crippen LogP contribution is 2.26. The van der Waals surface area contributed by atoms with Gasteiger partial charge in [0.1, 0.15) is 5.41 Å². The summed E-state index contributed by atoms with van der Waals surface area (Å²) in [5.74, 6) is -0.217. The number of carbonyl (C=O) groups excluding carboxylic acids is 1. The van der Waals surface area contributed by atoms with Gasteiger partial charge in [-0.25, -0.2) is 4.98 Å². The van der Waals surface area contributed by atoms with Gasteiger partial charge in [0.25, 0.3) is 0 Å². The molecule has 1 aromatic heterocycles. The van der Waals surface area contributed by atoms with E-state index >= 15 is 0 Å². The maximum absolute atomic E-state index is 12.1. The molecule has 4 nitrogen and oxygen atoms in total. The third-order valence-corrected chi connectivity index (χ3v) is 4.39. The van der Waals surface area contributed by atoms with E-state index < -0.39 is 5.41 Å². The molecular formula is C13H19N3OS. The molecule has 0 bridgehead atoms. The van der Waals surface area contributed by atoms with Crippen LogP contribution in [0, 0.1) is 30.6 Å². The first kappa shape index (κ1) is 14.7. The second-order valence-electron chi connectivity index (χ2n) is 4.68. The van der Waals surface area contributed by atoms with Crippen LogP contribution in [0.2, 0.25) is 0 Å². The van der Waals surface area contributed by atoms with Crippen LogP contribution in [0.15, 0.2) is 0 Å². The molecule has 0 fully saturated rings. The van der Waals surface area contributed by atoms with Crippen molar-refractivity contribution in [1.82, 2.24) is 10.3 Å². The smallest absolute Gasteiger partial charge is 0.240 e. The summed E-state index contributed by atoms with van der Waals surface area (Å²) in [6, 6.07) is 1.97. The van der Waals surface area contributed by atoms with E-state index in [0.29, 0.717) is 6.42 Å². The molecule has 0 saturated heterocycles. The highest BCUT2D eigenvalue weighted by atomic mass is 32.1. The van der Waals surface area contributed by atoms with Gasteiger partial charge in [-0.05, 0) is 34.1 Å². The molecule has 1 amide bonds. The van der Waals surface area contributed by atoms with Crippen LogP contribution in [-0.2, 0) is 4.79 Å². The van der Waals surface area contributed by atoms with Crippen molar-refractivity contribution in [2.75, 3.05) is 0 Å². The lowest BCUT2D eigenvalue weighted by molar-refractivity contribution is -0.128. The van der Waals surface area contributed by atoms with E-state index in [2.05, 4.69) is 16.4 Å². The van der Waals surface area contributed by atoms with Gasteiger partial charge in [-0.15, -0.1) is 11.3 Å². The Kier molecular flexibility index (Phi) is 4.47. The van der Waals surface area contributed by atoms with Crippen molar-refractivity contribution in [2.24, 2.45) is 5.41 Å². The summed E-state index contributed by atoms with van der Waals surface area (Å²) in [6.07, 6.45) is 0.503. The molecule has 0 spiro atoms. The number of hydrogen-bond donors (Lipinski definition) is 1. The zero-order valence-corrected chi connectivity index (χ0v) is 12.3. The minimum atomic E-state index is -0.956. The van der Waals surface area contributed by atoms with Gasteiger partial charge >= 0.3 is 0 Å². The van der Waals surface area contributed by atoms with Crippen LogP contribution in [0.5, 0.6) is 0 Å². The van der Waals surface area contributed by atoms with Crippen LogP contribution in [0.25, 0.3) is 0 Å². The van der Waals surface area contributed by atoms with Crippen LogP contribution in [0.3, 0.4) is 0 Å². The van der Waals surface area contributed by atoms with E-state index in [4.69, 9.17) is 5.26 Å². The second-order valence-corrected chi connectivity index (χ2v) is 5.91. The van der Waals surface area contributed by atoms with Crippen molar-refractivity contribution in [3.8, 4) is 6.07 Å². The molecule has 18 heavy (non-hydrogen) atoms. The monoisotopic (exact) mass is 265 g/mol. The Labute approximate surface area is 112 Å². The maximum Gasteiger partial charge on any atom is 0.240 e. The molecular weight excluding hydrogens is 246 g/mol. The lowest BCUT2D eigenvalue weighted by atomic mass is 9.88. The molecule has 0 aliphatic heterocycles. The zero-order valence-electron chi connectivity index (χ0n) is 11.5. The van der Waals surface area contributed by atoms with E-state index in [1.807, 2.05) is 27.7 Å². The number of nitrogens with zero attached hydrogens (tertiary/aromatic N) is 2. The Morgan fingerprint density at radius 1 is 1.61 bits per heavy atom. The number of rotatable bonds is 4. The Balaban J connectivity index is 2.83. The van der Waals surface area contributed by atoms with Crippen molar-refractivity contribution in [1.29, 1.82) is 5.26 Å². The highest BCUT2D eigenvalue weighted by molar-refractivity contribution is 7.11. The zero-order chi connectivity index (χ0) is 13.9. The third kappa shape index (κ3) is 2.88. The van der Waals surface area contributed by atoms with E-state index in [0.717, 1.165) is 15.6 Å². The number of amides is 1. The molecule has 0 aromatic carbocycles. The van der Waals surface area contributed by atoms with Crippen LogP contribution in [0.4, 0.5) is 0 Å². The fourth-order valence-electron chi connectivity index (χ4n) is 1.66. The first-order chi connectivity index (χ1) is 8.34. The Morgan fingerprint density at radius 3 is 2.61 bits per heavy atom. The van der Waals surface area contributed by atoms with Gasteiger partial charge < -0.3 is 5.32 Å². The Morgan fingerprint density at radius 2 is 2.22 bits per heavy atom. The van der Waals surface area contributed by atoms with E-state index in [9.17, 15) is 4.79 Å². The summed E-state index contributed by atoms with van der Waals surface area (Å²) in [5, 5.41) is 13.0. The summed E-state index contributed by atoms with van der Waals surface area (Å²) in [5.41, 5.74) is -0.0116. The summed E-state index contributed by atoms with van der Waals surface area (Å²) < 4.78 is 0. The molecule has 98 valence electrons. The summed E-state index contributed by atoms with van der Waals surface area (Å²) in [6.45, 7) is 9.31. The van der Waals surface area contributed by atoms with E-state index in [1.54, 1.807) is 18.3 Å². The number of nitriles is 1. The average molecular weight is 265 g/mol. The SMILES string of the molecule is CCC(C)(C#N)C(=O)NC(C)c1sc(C)nc1C. The van der Waals surface area contributed by atoms with Crippen molar-refractivity contribution < 1.29 is 4.79 Å². The van der Waals surface area contributed by atoms with Gasteiger partial charge in [0.2, 0.25) is 5.91 Å². The van der Waals surface area contributed by atoms with Crippen molar-refractivity contribution >= 4 is 17.2 Å². The molecule has 0 saturated carbocycles. The molecule has 2 atom stereocenters. The van der Waals surface area contributed by atoms with Crippen molar-refractivity contribution in [2.45, 2.75) is 47.1 Å². The molecule has 5 heteroatoms. The van der Waals surface area contributed by atoms with Crippen LogP contribution in [-0.4, -0.2) is 10.9 Å². The summed E-state index contributed by atoms with van der Waals surface area (Å²) in [7, 11) is 0. The van der Waals surface area contributed by atoms with Gasteiger partial charge in [0.05, 0.1) is 22.8 Å². The summed E-state index contributed by atoms with van der Waals surface area (Å²) >= 11 is 1.58. The first-order valence-electron chi connectivity index (χ1n) is 6.00. The number of hydrogen-bond acceptors (Lipinski definition) is 4. The molecule has 0 aliphatic rings. The molecule has 0 aliphatic carbocycles. The number of aromatic nitrogens is 1. The molecule has 1 aromatic rings. The van der Waals surface area contributed by atoms with Gasteiger partial charge in [0, 0.05) is 4.88 Å². The molecule has 2 unspecified atom stereocenters. The molecule has 1 heterocycles. The normalized spacial score (nSPS) is 15.6. The number of aryl methyl sites for hydroxylation is 2. The lowest BCUT2D eigenvalue weighted by Crippen LogP contribution is -2.38. The van der Waals surface area contributed by atoms with Crippen molar-refractivity contribution in [3.63, 3.8) is 0 Å². The molecule has 0 radical (unpaired) electrons.